The fourth-order valence-corrected chi connectivity index (χ4v) is 1.47. The van der Waals surface area contributed by atoms with Crippen LogP contribution >= 0.6 is 0 Å². The maximum atomic E-state index is 5.43. The van der Waals surface area contributed by atoms with Gasteiger partial charge in [-0.3, -0.25) is 0 Å². The molecule has 0 atom stereocenters. The van der Waals surface area contributed by atoms with Crippen LogP contribution in [0.4, 0.5) is 5.82 Å². The molecule has 0 amide bonds. The number of pyridine rings is 1. The van der Waals surface area contributed by atoms with Crippen molar-refractivity contribution in [3.05, 3.63) is 23.9 Å². The third kappa shape index (κ3) is 5.37. The van der Waals surface area contributed by atoms with Gasteiger partial charge in [0.1, 0.15) is 5.82 Å². The van der Waals surface area contributed by atoms with Gasteiger partial charge < -0.3 is 11.1 Å². The number of aryl methyl sites for hydroxylation is 1. The fourth-order valence-electron chi connectivity index (χ4n) is 1.47. The van der Waals surface area contributed by atoms with Crippen LogP contribution in [0.3, 0.4) is 0 Å². The summed E-state index contributed by atoms with van der Waals surface area (Å²) in [4.78, 5) is 4.24. The van der Waals surface area contributed by atoms with Crippen molar-refractivity contribution in [3.8, 4) is 0 Å². The molecular formula is C12H21N3. The van der Waals surface area contributed by atoms with Crippen LogP contribution in [0.5, 0.6) is 0 Å². The Bertz CT molecular complexity index is 273. The highest BCUT2D eigenvalue weighted by Gasteiger charge is 1.93. The van der Waals surface area contributed by atoms with E-state index in [1.54, 1.807) is 0 Å². The lowest BCUT2D eigenvalue weighted by Crippen LogP contribution is -2.04. The van der Waals surface area contributed by atoms with Crippen molar-refractivity contribution in [3.63, 3.8) is 0 Å². The Kier molecular flexibility index (Phi) is 5.78. The highest BCUT2D eigenvalue weighted by Crippen LogP contribution is 2.06. The first-order valence-corrected chi connectivity index (χ1v) is 5.69. The largest absolute Gasteiger partial charge is 0.370 e. The predicted octanol–water partition coefficient (Wildman–Crippen LogP) is 2.32. The summed E-state index contributed by atoms with van der Waals surface area (Å²) in [5.74, 6) is 0.980. The van der Waals surface area contributed by atoms with Crippen molar-refractivity contribution in [2.45, 2.75) is 32.6 Å². The van der Waals surface area contributed by atoms with E-state index in [4.69, 9.17) is 5.73 Å². The van der Waals surface area contributed by atoms with Gasteiger partial charge in [-0.2, -0.15) is 0 Å². The van der Waals surface area contributed by atoms with Crippen molar-refractivity contribution in [2.24, 2.45) is 5.73 Å². The van der Waals surface area contributed by atoms with Crippen LogP contribution in [0, 0.1) is 6.92 Å². The van der Waals surface area contributed by atoms with Crippen molar-refractivity contribution in [1.82, 2.24) is 4.98 Å². The van der Waals surface area contributed by atoms with Gasteiger partial charge in [-0.15, -0.1) is 0 Å². The smallest absolute Gasteiger partial charge is 0.126 e. The maximum Gasteiger partial charge on any atom is 0.126 e. The normalized spacial score (nSPS) is 10.3. The first kappa shape index (κ1) is 12.0. The number of nitrogens with one attached hydrogen (secondary N) is 1. The van der Waals surface area contributed by atoms with Crippen molar-refractivity contribution < 1.29 is 0 Å². The second kappa shape index (κ2) is 7.23. The Balaban J connectivity index is 2.10. The van der Waals surface area contributed by atoms with Gasteiger partial charge in [-0.1, -0.05) is 12.8 Å². The molecule has 0 saturated carbocycles. The van der Waals surface area contributed by atoms with Crippen molar-refractivity contribution in [2.75, 3.05) is 18.4 Å². The molecular weight excluding hydrogens is 186 g/mol. The molecule has 0 radical (unpaired) electrons. The van der Waals surface area contributed by atoms with Crippen molar-refractivity contribution >= 4 is 5.82 Å². The molecule has 0 aliphatic rings. The molecule has 3 N–H and O–H groups in total. The third-order valence-electron chi connectivity index (χ3n) is 2.35. The zero-order valence-electron chi connectivity index (χ0n) is 9.50. The Morgan fingerprint density at radius 1 is 1.27 bits per heavy atom. The van der Waals surface area contributed by atoms with E-state index in [0.717, 1.165) is 25.3 Å². The van der Waals surface area contributed by atoms with Crippen LogP contribution in [-0.2, 0) is 0 Å². The number of nitrogens with two attached hydrogens (primary N) is 1. The van der Waals surface area contributed by atoms with E-state index >= 15 is 0 Å². The Morgan fingerprint density at radius 3 is 2.80 bits per heavy atom. The Morgan fingerprint density at radius 2 is 2.07 bits per heavy atom. The minimum Gasteiger partial charge on any atom is -0.370 e. The van der Waals surface area contributed by atoms with Crippen LogP contribution in [-0.4, -0.2) is 18.1 Å². The number of aromatic nitrogens is 1. The quantitative estimate of drug-likeness (QED) is 0.675. The number of nitrogens with zero attached hydrogens (tertiary/aromatic N) is 1. The van der Waals surface area contributed by atoms with E-state index in [0.29, 0.717) is 0 Å². The summed E-state index contributed by atoms with van der Waals surface area (Å²) in [5.41, 5.74) is 6.67. The molecule has 0 saturated heterocycles. The average Bonchev–Trinajstić information content (AvgIpc) is 2.23. The zero-order chi connectivity index (χ0) is 10.9. The van der Waals surface area contributed by atoms with Gasteiger partial charge in [0.25, 0.3) is 0 Å². The topological polar surface area (TPSA) is 50.9 Å². The first-order valence-electron chi connectivity index (χ1n) is 5.69. The lowest BCUT2D eigenvalue weighted by Gasteiger charge is -2.05. The van der Waals surface area contributed by atoms with E-state index in [1.807, 2.05) is 12.3 Å². The molecule has 1 aromatic heterocycles. The monoisotopic (exact) mass is 207 g/mol. The molecule has 3 nitrogen and oxygen atoms in total. The standard InChI is InChI=1S/C12H21N3/c1-11-6-9-15-12(10-11)14-8-5-3-2-4-7-13/h6,9-10H,2-5,7-8,13H2,1H3,(H,14,15). The minimum absolute atomic E-state index is 0.812. The van der Waals surface area contributed by atoms with Gasteiger partial charge in [-0.25, -0.2) is 4.98 Å². The molecule has 0 unspecified atom stereocenters. The molecule has 15 heavy (non-hydrogen) atoms. The van der Waals surface area contributed by atoms with Gasteiger partial charge >= 0.3 is 0 Å². The molecule has 0 fully saturated rings. The summed E-state index contributed by atoms with van der Waals surface area (Å²) in [6.45, 7) is 3.89. The lowest BCUT2D eigenvalue weighted by atomic mass is 10.2. The van der Waals surface area contributed by atoms with Crippen LogP contribution in [0.1, 0.15) is 31.2 Å². The Labute approximate surface area is 92.1 Å². The van der Waals surface area contributed by atoms with Crippen LogP contribution in [0.15, 0.2) is 18.3 Å². The molecule has 84 valence electrons. The first-order chi connectivity index (χ1) is 7.33. The highest BCUT2D eigenvalue weighted by atomic mass is 15.0. The SMILES string of the molecule is Cc1ccnc(NCCCCCCN)c1. The summed E-state index contributed by atoms with van der Waals surface area (Å²) in [6.07, 6.45) is 6.65. The summed E-state index contributed by atoms with van der Waals surface area (Å²) >= 11 is 0. The lowest BCUT2D eigenvalue weighted by molar-refractivity contribution is 0.661. The van der Waals surface area contributed by atoms with Gasteiger partial charge in [-0.05, 0) is 44.0 Å². The van der Waals surface area contributed by atoms with Crippen LogP contribution < -0.4 is 11.1 Å². The third-order valence-corrected chi connectivity index (χ3v) is 2.35. The molecule has 0 aromatic carbocycles. The second-order valence-electron chi connectivity index (χ2n) is 3.85. The molecule has 0 aliphatic carbocycles. The maximum absolute atomic E-state index is 5.43. The minimum atomic E-state index is 0.812. The molecule has 0 aliphatic heterocycles. The molecule has 1 rings (SSSR count). The van der Waals surface area contributed by atoms with E-state index in [9.17, 15) is 0 Å². The predicted molar refractivity (Wildman–Crippen MR) is 65.0 cm³/mol. The fraction of sp³-hybridized carbons (Fsp3) is 0.583. The summed E-state index contributed by atoms with van der Waals surface area (Å²) < 4.78 is 0. The summed E-state index contributed by atoms with van der Waals surface area (Å²) in [7, 11) is 0. The van der Waals surface area contributed by atoms with Gasteiger partial charge in [0.2, 0.25) is 0 Å². The van der Waals surface area contributed by atoms with Gasteiger partial charge in [0.15, 0.2) is 0 Å². The highest BCUT2D eigenvalue weighted by molar-refractivity contribution is 5.36. The number of rotatable bonds is 7. The number of anilines is 1. The number of hydrogen-bond donors (Lipinski definition) is 2. The number of unbranched alkanes of at least 4 members (excludes halogenated alkanes) is 3. The average molecular weight is 207 g/mol. The van der Waals surface area contributed by atoms with Gasteiger partial charge in [0.05, 0.1) is 0 Å². The van der Waals surface area contributed by atoms with Crippen molar-refractivity contribution in [1.29, 1.82) is 0 Å². The number of hydrogen-bond acceptors (Lipinski definition) is 3. The van der Waals surface area contributed by atoms with Crippen LogP contribution in [0.25, 0.3) is 0 Å². The van der Waals surface area contributed by atoms with E-state index in [1.165, 1.54) is 24.8 Å². The molecule has 0 bridgehead atoms. The Hall–Kier alpha value is -1.09. The second-order valence-corrected chi connectivity index (χ2v) is 3.85. The van der Waals surface area contributed by atoms with E-state index in [2.05, 4.69) is 23.3 Å². The van der Waals surface area contributed by atoms with E-state index in [-0.39, 0.29) is 0 Å². The van der Waals surface area contributed by atoms with Gasteiger partial charge in [0, 0.05) is 12.7 Å². The van der Waals surface area contributed by atoms with E-state index < -0.39 is 0 Å². The summed E-state index contributed by atoms with van der Waals surface area (Å²) in [5, 5.41) is 3.32. The molecule has 3 heteroatoms. The summed E-state index contributed by atoms with van der Waals surface area (Å²) in [6, 6.07) is 4.08. The molecule has 1 heterocycles. The zero-order valence-corrected chi connectivity index (χ0v) is 9.50. The molecule has 0 spiro atoms. The van der Waals surface area contributed by atoms with Crippen LogP contribution in [0.2, 0.25) is 0 Å². The molecule has 1 aromatic rings.